The van der Waals surface area contributed by atoms with Gasteiger partial charge in [-0.3, -0.25) is 5.10 Å². The monoisotopic (exact) mass is 388 g/mol. The lowest BCUT2D eigenvalue weighted by Crippen LogP contribution is -2.27. The highest BCUT2D eigenvalue weighted by atomic mass is 16.5. The highest BCUT2D eigenvalue weighted by molar-refractivity contribution is 5.82. The Hall–Kier alpha value is -3.45. The number of ether oxygens (including phenoxy) is 1. The van der Waals surface area contributed by atoms with Gasteiger partial charge >= 0.3 is 0 Å². The lowest BCUT2D eigenvalue weighted by molar-refractivity contribution is 0.309. The van der Waals surface area contributed by atoms with E-state index in [4.69, 9.17) is 4.74 Å². The number of rotatable bonds is 8. The number of hydrogen-bond acceptors (Lipinski definition) is 6. The van der Waals surface area contributed by atoms with Crippen LogP contribution in [0.5, 0.6) is 5.75 Å². The molecule has 0 aliphatic heterocycles. The van der Waals surface area contributed by atoms with Crippen LogP contribution in [0, 0.1) is 0 Å². The zero-order chi connectivity index (χ0) is 20.1. The third-order valence-electron chi connectivity index (χ3n) is 4.38. The molecule has 0 aliphatic carbocycles. The van der Waals surface area contributed by atoms with Crippen molar-refractivity contribution in [3.05, 3.63) is 60.9 Å². The fraction of sp³-hybridized carbons (Fsp3) is 0.227. The molecule has 0 saturated heterocycles. The van der Waals surface area contributed by atoms with Crippen LogP contribution in [0.25, 0.3) is 22.3 Å². The van der Waals surface area contributed by atoms with Gasteiger partial charge in [-0.05, 0) is 36.4 Å². The summed E-state index contributed by atoms with van der Waals surface area (Å²) in [7, 11) is 0. The van der Waals surface area contributed by atoms with E-state index in [9.17, 15) is 0 Å². The van der Waals surface area contributed by atoms with E-state index in [1.807, 2.05) is 48.5 Å². The molecule has 2 heterocycles. The predicted octanol–water partition coefficient (Wildman–Crippen LogP) is 4.14. The average Bonchev–Trinajstić information content (AvgIpc) is 3.19. The summed E-state index contributed by atoms with van der Waals surface area (Å²) in [5.74, 6) is 2.18. The molecule has 0 spiro atoms. The molecule has 0 unspecified atom stereocenters. The molecule has 0 saturated carbocycles. The molecule has 4 rings (SSSR count). The number of benzene rings is 2. The van der Waals surface area contributed by atoms with Crippen molar-refractivity contribution >= 4 is 22.4 Å². The van der Waals surface area contributed by atoms with Gasteiger partial charge in [-0.15, -0.1) is 0 Å². The minimum absolute atomic E-state index is 0.447. The molecule has 2 aromatic carbocycles. The molecule has 0 aliphatic rings. The third-order valence-corrected chi connectivity index (χ3v) is 4.38. The second kappa shape index (κ2) is 8.70. The van der Waals surface area contributed by atoms with E-state index in [2.05, 4.69) is 44.6 Å². The molecular weight excluding hydrogens is 364 g/mol. The van der Waals surface area contributed by atoms with Crippen molar-refractivity contribution in [1.82, 2.24) is 25.5 Å². The van der Waals surface area contributed by atoms with Gasteiger partial charge in [0.2, 0.25) is 0 Å². The van der Waals surface area contributed by atoms with Gasteiger partial charge < -0.3 is 15.4 Å². The minimum atomic E-state index is 0.447. The Kier molecular flexibility index (Phi) is 5.67. The van der Waals surface area contributed by atoms with Crippen LogP contribution in [0.15, 0.2) is 60.9 Å². The van der Waals surface area contributed by atoms with E-state index in [-0.39, 0.29) is 0 Å². The minimum Gasteiger partial charge on any atom is -0.492 e. The molecule has 0 bridgehead atoms. The summed E-state index contributed by atoms with van der Waals surface area (Å²) in [5.41, 5.74) is 2.85. The van der Waals surface area contributed by atoms with E-state index in [0.717, 1.165) is 40.3 Å². The Morgan fingerprint density at radius 2 is 2.03 bits per heavy atom. The first-order valence-electron chi connectivity index (χ1n) is 9.67. The Morgan fingerprint density at radius 3 is 2.93 bits per heavy atom. The highest BCUT2D eigenvalue weighted by Gasteiger charge is 2.06. The van der Waals surface area contributed by atoms with Gasteiger partial charge in [-0.2, -0.15) is 5.10 Å². The van der Waals surface area contributed by atoms with E-state index < -0.39 is 0 Å². The lowest BCUT2D eigenvalue weighted by Gasteiger charge is -2.11. The Labute approximate surface area is 169 Å². The van der Waals surface area contributed by atoms with Crippen molar-refractivity contribution in [1.29, 1.82) is 0 Å². The predicted molar refractivity (Wildman–Crippen MR) is 115 cm³/mol. The van der Waals surface area contributed by atoms with Crippen LogP contribution < -0.4 is 15.4 Å². The molecule has 2 aromatic heterocycles. The summed E-state index contributed by atoms with van der Waals surface area (Å²) < 4.78 is 5.84. The van der Waals surface area contributed by atoms with Crippen molar-refractivity contribution in [2.45, 2.75) is 19.9 Å². The van der Waals surface area contributed by atoms with Gasteiger partial charge in [-0.25, -0.2) is 9.97 Å². The molecule has 0 amide bonds. The summed E-state index contributed by atoms with van der Waals surface area (Å²) >= 11 is 0. The fourth-order valence-corrected chi connectivity index (χ4v) is 2.98. The molecule has 0 atom stereocenters. The smallest absolute Gasteiger partial charge is 0.161 e. The van der Waals surface area contributed by atoms with Gasteiger partial charge in [0, 0.05) is 35.4 Å². The summed E-state index contributed by atoms with van der Waals surface area (Å²) in [6.07, 6.45) is 3.55. The number of fused-ring (bicyclic) bond motifs is 1. The molecule has 29 heavy (non-hydrogen) atoms. The van der Waals surface area contributed by atoms with Crippen LogP contribution in [-0.4, -0.2) is 39.4 Å². The number of H-pyrrole nitrogens is 1. The van der Waals surface area contributed by atoms with Crippen molar-refractivity contribution in [2.75, 3.05) is 18.5 Å². The first kappa shape index (κ1) is 18.9. The van der Waals surface area contributed by atoms with Crippen LogP contribution in [0.3, 0.4) is 0 Å². The lowest BCUT2D eigenvalue weighted by atomic mass is 10.2. The molecule has 4 aromatic rings. The molecule has 0 radical (unpaired) electrons. The molecule has 148 valence electrons. The fourth-order valence-electron chi connectivity index (χ4n) is 2.98. The SMILES string of the molecule is CC(C)NCCOc1cccc(-c2nccc(Nc3ccc4[nH]ncc4c3)n2)c1. The molecule has 7 nitrogen and oxygen atoms in total. The van der Waals surface area contributed by atoms with Gasteiger partial charge in [-0.1, -0.05) is 26.0 Å². The summed E-state index contributed by atoms with van der Waals surface area (Å²) in [6, 6.07) is 16.1. The normalized spacial score (nSPS) is 11.1. The number of nitrogens with one attached hydrogen (secondary N) is 3. The summed E-state index contributed by atoms with van der Waals surface area (Å²) in [5, 5.41) is 14.7. The van der Waals surface area contributed by atoms with Crippen molar-refractivity contribution < 1.29 is 4.74 Å². The maximum atomic E-state index is 5.84. The second-order valence-electron chi connectivity index (χ2n) is 7.05. The van der Waals surface area contributed by atoms with E-state index >= 15 is 0 Å². The number of aromatic nitrogens is 4. The quantitative estimate of drug-likeness (QED) is 0.393. The first-order valence-corrected chi connectivity index (χ1v) is 9.67. The number of nitrogens with zero attached hydrogens (tertiary/aromatic N) is 3. The van der Waals surface area contributed by atoms with Gasteiger partial charge in [0.15, 0.2) is 5.82 Å². The molecule has 7 heteroatoms. The van der Waals surface area contributed by atoms with Gasteiger partial charge in [0.1, 0.15) is 18.2 Å². The van der Waals surface area contributed by atoms with Crippen LogP contribution in [0.1, 0.15) is 13.8 Å². The average molecular weight is 388 g/mol. The number of aromatic amines is 1. The molecular formula is C22H24N6O. The van der Waals surface area contributed by atoms with E-state index in [1.165, 1.54) is 0 Å². The largest absolute Gasteiger partial charge is 0.492 e. The maximum absolute atomic E-state index is 5.84. The van der Waals surface area contributed by atoms with E-state index in [1.54, 1.807) is 12.4 Å². The topological polar surface area (TPSA) is 87.8 Å². The van der Waals surface area contributed by atoms with Crippen molar-refractivity contribution in [3.63, 3.8) is 0 Å². The van der Waals surface area contributed by atoms with Crippen LogP contribution in [-0.2, 0) is 0 Å². The third kappa shape index (κ3) is 4.89. The highest BCUT2D eigenvalue weighted by Crippen LogP contribution is 2.24. The van der Waals surface area contributed by atoms with Gasteiger partial charge in [0.25, 0.3) is 0 Å². The summed E-state index contributed by atoms with van der Waals surface area (Å²) in [4.78, 5) is 9.07. The van der Waals surface area contributed by atoms with Crippen LogP contribution in [0.2, 0.25) is 0 Å². The Bertz CT molecular complexity index is 1090. The zero-order valence-electron chi connectivity index (χ0n) is 16.5. The van der Waals surface area contributed by atoms with Crippen LogP contribution in [0.4, 0.5) is 11.5 Å². The standard InChI is InChI=1S/C22H24N6O/c1-15(2)23-10-11-29-19-5-3-4-16(13-19)22-24-9-8-21(27-22)26-18-6-7-20-17(12-18)14-25-28-20/h3-9,12-15,23H,10-11H2,1-2H3,(H,25,28)(H,24,26,27). The Morgan fingerprint density at radius 1 is 1.10 bits per heavy atom. The molecule has 3 N–H and O–H groups in total. The second-order valence-corrected chi connectivity index (χ2v) is 7.05. The number of anilines is 2. The molecule has 0 fully saturated rings. The summed E-state index contributed by atoms with van der Waals surface area (Å²) in [6.45, 7) is 5.65. The van der Waals surface area contributed by atoms with Crippen molar-refractivity contribution in [3.8, 4) is 17.1 Å². The first-order chi connectivity index (χ1) is 14.2. The number of hydrogen-bond donors (Lipinski definition) is 3. The van der Waals surface area contributed by atoms with Crippen molar-refractivity contribution in [2.24, 2.45) is 0 Å². The zero-order valence-corrected chi connectivity index (χ0v) is 16.5. The maximum Gasteiger partial charge on any atom is 0.161 e. The van der Waals surface area contributed by atoms with Gasteiger partial charge in [0.05, 0.1) is 11.7 Å². The van der Waals surface area contributed by atoms with Crippen LogP contribution >= 0.6 is 0 Å². The van der Waals surface area contributed by atoms with E-state index in [0.29, 0.717) is 18.5 Å². The Balaban J connectivity index is 1.47.